The molecule has 0 aliphatic carbocycles. The third-order valence-corrected chi connectivity index (χ3v) is 2.30. The van der Waals surface area contributed by atoms with Gasteiger partial charge in [0, 0.05) is 18.4 Å². The van der Waals surface area contributed by atoms with E-state index in [-0.39, 0.29) is 5.84 Å². The number of nitrogens with zero attached hydrogens (tertiary/aromatic N) is 1. The molecular weight excluding hydrogens is 180 g/mol. The molecule has 1 aromatic rings. The van der Waals surface area contributed by atoms with E-state index in [1.165, 1.54) is 5.56 Å². The lowest BCUT2D eigenvalue weighted by Gasteiger charge is -2.06. The Morgan fingerprint density at radius 1 is 1.57 bits per heavy atom. The highest BCUT2D eigenvalue weighted by molar-refractivity contribution is 5.82. The van der Waals surface area contributed by atoms with Crippen molar-refractivity contribution in [3.05, 3.63) is 29.3 Å². The topological polar surface area (TPSA) is 67.8 Å². The molecule has 0 spiro atoms. The van der Waals surface area contributed by atoms with Crippen LogP contribution in [-0.2, 0) is 12.8 Å². The van der Waals surface area contributed by atoms with Crippen LogP contribution in [0.5, 0.6) is 5.75 Å². The van der Waals surface area contributed by atoms with Gasteiger partial charge < -0.3 is 15.7 Å². The van der Waals surface area contributed by atoms with Gasteiger partial charge in [-0.25, -0.2) is 0 Å². The first kappa shape index (κ1) is 8.87. The molecular formula is C10H12N2O2. The molecule has 1 heterocycles. The minimum Gasteiger partial charge on any atom is -0.493 e. The third kappa shape index (κ3) is 1.51. The maximum absolute atomic E-state index is 8.47. The van der Waals surface area contributed by atoms with E-state index in [0.717, 1.165) is 24.3 Å². The zero-order chi connectivity index (χ0) is 9.97. The minimum absolute atomic E-state index is 0.203. The van der Waals surface area contributed by atoms with E-state index >= 15 is 0 Å². The van der Waals surface area contributed by atoms with Crippen LogP contribution >= 0.6 is 0 Å². The van der Waals surface area contributed by atoms with Gasteiger partial charge in [-0.2, -0.15) is 0 Å². The molecule has 4 nitrogen and oxygen atoms in total. The fourth-order valence-corrected chi connectivity index (χ4v) is 1.65. The summed E-state index contributed by atoms with van der Waals surface area (Å²) < 4.78 is 5.48. The summed E-state index contributed by atoms with van der Waals surface area (Å²) in [7, 11) is 0. The van der Waals surface area contributed by atoms with Crippen LogP contribution in [0, 0.1) is 0 Å². The summed E-state index contributed by atoms with van der Waals surface area (Å²) in [6.07, 6.45) is 1.37. The van der Waals surface area contributed by atoms with Gasteiger partial charge in [-0.1, -0.05) is 23.4 Å². The van der Waals surface area contributed by atoms with E-state index in [2.05, 4.69) is 5.16 Å². The molecule has 1 aromatic carbocycles. The van der Waals surface area contributed by atoms with Crippen molar-refractivity contribution in [3.8, 4) is 5.75 Å². The van der Waals surface area contributed by atoms with Crippen LogP contribution in [-0.4, -0.2) is 17.6 Å². The van der Waals surface area contributed by atoms with Crippen LogP contribution in [0.3, 0.4) is 0 Å². The molecule has 0 radical (unpaired) electrons. The zero-order valence-electron chi connectivity index (χ0n) is 7.73. The largest absolute Gasteiger partial charge is 0.493 e. The van der Waals surface area contributed by atoms with Crippen molar-refractivity contribution < 1.29 is 9.94 Å². The van der Waals surface area contributed by atoms with Crippen LogP contribution in [0.25, 0.3) is 0 Å². The standard InChI is InChI=1S/C10H12N2O2/c11-9(12-13)6-8-3-1-2-7-4-5-14-10(7)8/h1-3,13H,4-6H2,(H2,11,12). The predicted molar refractivity (Wildman–Crippen MR) is 52.8 cm³/mol. The first-order valence-electron chi connectivity index (χ1n) is 4.51. The summed E-state index contributed by atoms with van der Waals surface area (Å²) >= 11 is 0. The van der Waals surface area contributed by atoms with E-state index in [9.17, 15) is 0 Å². The number of fused-ring (bicyclic) bond motifs is 1. The predicted octanol–water partition coefficient (Wildman–Crippen LogP) is 0.910. The van der Waals surface area contributed by atoms with Crippen molar-refractivity contribution in [3.63, 3.8) is 0 Å². The molecule has 74 valence electrons. The molecule has 0 amide bonds. The summed E-state index contributed by atoms with van der Waals surface area (Å²) in [6.45, 7) is 0.725. The molecule has 0 atom stereocenters. The minimum atomic E-state index is 0.203. The van der Waals surface area contributed by atoms with E-state index in [1.54, 1.807) is 0 Å². The Kier molecular flexibility index (Phi) is 2.26. The maximum Gasteiger partial charge on any atom is 0.143 e. The van der Waals surface area contributed by atoms with E-state index in [4.69, 9.17) is 15.7 Å². The summed E-state index contributed by atoms with van der Waals surface area (Å²) in [5, 5.41) is 11.4. The van der Waals surface area contributed by atoms with Gasteiger partial charge in [0.25, 0.3) is 0 Å². The first-order valence-corrected chi connectivity index (χ1v) is 4.51. The van der Waals surface area contributed by atoms with Gasteiger partial charge in [0.05, 0.1) is 6.61 Å². The van der Waals surface area contributed by atoms with Gasteiger partial charge in [0.15, 0.2) is 0 Å². The van der Waals surface area contributed by atoms with Gasteiger partial charge in [0.2, 0.25) is 0 Å². The highest BCUT2D eigenvalue weighted by Crippen LogP contribution is 2.29. The first-order chi connectivity index (χ1) is 6.81. The average Bonchev–Trinajstić information content (AvgIpc) is 2.66. The quantitative estimate of drug-likeness (QED) is 0.317. The Hall–Kier alpha value is -1.71. The second-order valence-electron chi connectivity index (χ2n) is 3.27. The number of ether oxygens (including phenoxy) is 1. The number of hydrogen-bond donors (Lipinski definition) is 2. The van der Waals surface area contributed by atoms with Crippen molar-refractivity contribution in [2.75, 3.05) is 6.61 Å². The smallest absolute Gasteiger partial charge is 0.143 e. The van der Waals surface area contributed by atoms with Gasteiger partial charge in [-0.15, -0.1) is 0 Å². The number of hydrogen-bond acceptors (Lipinski definition) is 3. The van der Waals surface area contributed by atoms with E-state index in [1.807, 2.05) is 18.2 Å². The van der Waals surface area contributed by atoms with Crippen LogP contribution in [0.4, 0.5) is 0 Å². The normalized spacial score (nSPS) is 15.0. The van der Waals surface area contributed by atoms with Crippen molar-refractivity contribution in [2.24, 2.45) is 10.9 Å². The van der Waals surface area contributed by atoms with Crippen LogP contribution in [0.1, 0.15) is 11.1 Å². The number of nitrogens with two attached hydrogens (primary N) is 1. The van der Waals surface area contributed by atoms with E-state index in [0.29, 0.717) is 6.42 Å². The Morgan fingerprint density at radius 2 is 2.43 bits per heavy atom. The van der Waals surface area contributed by atoms with Crippen molar-refractivity contribution in [1.82, 2.24) is 0 Å². The molecule has 4 heteroatoms. The van der Waals surface area contributed by atoms with Crippen molar-refractivity contribution >= 4 is 5.84 Å². The van der Waals surface area contributed by atoms with E-state index < -0.39 is 0 Å². The molecule has 0 aromatic heterocycles. The Morgan fingerprint density at radius 3 is 3.21 bits per heavy atom. The maximum atomic E-state index is 8.47. The number of para-hydroxylation sites is 1. The Labute approximate surface area is 82.0 Å². The number of rotatable bonds is 2. The van der Waals surface area contributed by atoms with Gasteiger partial charge in [-0.05, 0) is 5.56 Å². The number of amidine groups is 1. The third-order valence-electron chi connectivity index (χ3n) is 2.30. The van der Waals surface area contributed by atoms with Crippen LogP contribution in [0.2, 0.25) is 0 Å². The van der Waals surface area contributed by atoms with Crippen LogP contribution in [0.15, 0.2) is 23.4 Å². The summed E-state index contributed by atoms with van der Waals surface area (Å²) in [4.78, 5) is 0. The monoisotopic (exact) mass is 192 g/mol. The van der Waals surface area contributed by atoms with Crippen molar-refractivity contribution in [1.29, 1.82) is 0 Å². The molecule has 0 saturated heterocycles. The SMILES string of the molecule is N/C(Cc1cccc2c1OCC2)=N\O. The highest BCUT2D eigenvalue weighted by Gasteiger charge is 2.16. The lowest BCUT2D eigenvalue weighted by molar-refractivity contribution is 0.317. The van der Waals surface area contributed by atoms with Gasteiger partial charge in [-0.3, -0.25) is 0 Å². The van der Waals surface area contributed by atoms with Gasteiger partial charge in [0.1, 0.15) is 11.6 Å². The highest BCUT2D eigenvalue weighted by atomic mass is 16.5. The summed E-state index contributed by atoms with van der Waals surface area (Å²) in [6, 6.07) is 5.94. The molecule has 3 N–H and O–H groups in total. The Balaban J connectivity index is 2.30. The van der Waals surface area contributed by atoms with Gasteiger partial charge >= 0.3 is 0 Å². The second-order valence-corrected chi connectivity index (χ2v) is 3.27. The summed E-state index contributed by atoms with van der Waals surface area (Å²) in [5.41, 5.74) is 7.63. The second kappa shape index (κ2) is 3.57. The van der Waals surface area contributed by atoms with Crippen LogP contribution < -0.4 is 10.5 Å². The molecule has 0 unspecified atom stereocenters. The lowest BCUT2D eigenvalue weighted by atomic mass is 10.1. The molecule has 0 fully saturated rings. The summed E-state index contributed by atoms with van der Waals surface area (Å²) in [5.74, 6) is 1.10. The van der Waals surface area contributed by atoms with Crippen molar-refractivity contribution in [2.45, 2.75) is 12.8 Å². The number of oxime groups is 1. The molecule has 1 aliphatic rings. The molecule has 0 bridgehead atoms. The molecule has 14 heavy (non-hydrogen) atoms. The molecule has 1 aliphatic heterocycles. The molecule has 0 saturated carbocycles. The Bertz CT molecular complexity index is 374. The fourth-order valence-electron chi connectivity index (χ4n) is 1.65. The zero-order valence-corrected chi connectivity index (χ0v) is 7.73. The average molecular weight is 192 g/mol. The lowest BCUT2D eigenvalue weighted by Crippen LogP contribution is -2.15. The number of benzene rings is 1. The molecule has 2 rings (SSSR count). The fraction of sp³-hybridized carbons (Fsp3) is 0.300.